The van der Waals surface area contributed by atoms with Gasteiger partial charge >= 0.3 is 0 Å². The Labute approximate surface area is 170 Å². The van der Waals surface area contributed by atoms with Crippen LogP contribution in [0.5, 0.6) is 0 Å². The highest BCUT2D eigenvalue weighted by molar-refractivity contribution is 7.10. The molecule has 1 amide bonds. The first kappa shape index (κ1) is 20.3. The lowest BCUT2D eigenvalue weighted by Gasteiger charge is -2.37. The third-order valence-electron chi connectivity index (χ3n) is 4.86. The van der Waals surface area contributed by atoms with Gasteiger partial charge in [-0.05, 0) is 48.9 Å². The molecular weight excluding hydrogens is 380 g/mol. The lowest BCUT2D eigenvalue weighted by molar-refractivity contribution is -0.121. The molecule has 1 aromatic carbocycles. The van der Waals surface area contributed by atoms with Crippen molar-refractivity contribution in [1.82, 2.24) is 10.2 Å². The quantitative estimate of drug-likeness (QED) is 0.710. The maximum absolute atomic E-state index is 12.3. The Morgan fingerprint density at radius 2 is 2.19 bits per heavy atom. The van der Waals surface area contributed by atoms with Gasteiger partial charge in [0.1, 0.15) is 0 Å². The molecule has 1 aromatic heterocycles. The summed E-state index contributed by atoms with van der Waals surface area (Å²) in [4.78, 5) is 16.1. The summed E-state index contributed by atoms with van der Waals surface area (Å²) in [5.74, 6) is 0.117. The maximum Gasteiger partial charge on any atom is 0.220 e. The Bertz CT molecular complexity index is 705. The average Bonchev–Trinajstić information content (AvgIpc) is 3.18. The van der Waals surface area contributed by atoms with Crippen molar-refractivity contribution in [2.24, 2.45) is 0 Å². The van der Waals surface area contributed by atoms with Crippen LogP contribution < -0.4 is 5.32 Å². The van der Waals surface area contributed by atoms with E-state index in [1.54, 1.807) is 11.3 Å². The monoisotopic (exact) mass is 406 g/mol. The molecule has 6 heteroatoms. The van der Waals surface area contributed by atoms with Gasteiger partial charge in [-0.25, -0.2) is 0 Å². The number of aryl methyl sites for hydroxylation is 1. The number of amides is 1. The molecule has 2 heterocycles. The van der Waals surface area contributed by atoms with Crippen LogP contribution in [0.15, 0.2) is 41.8 Å². The van der Waals surface area contributed by atoms with Gasteiger partial charge in [-0.1, -0.05) is 29.8 Å². The van der Waals surface area contributed by atoms with Crippen LogP contribution in [0.4, 0.5) is 0 Å². The second-order valence-corrected chi connectivity index (χ2v) is 8.41. The third kappa shape index (κ3) is 6.32. The number of halogens is 1. The molecular formula is C21H27ClN2O2S. The Morgan fingerprint density at radius 1 is 1.37 bits per heavy atom. The summed E-state index contributed by atoms with van der Waals surface area (Å²) in [6.07, 6.45) is 2.50. The minimum Gasteiger partial charge on any atom is -0.376 e. The summed E-state index contributed by atoms with van der Waals surface area (Å²) < 4.78 is 5.67. The highest BCUT2D eigenvalue weighted by Gasteiger charge is 2.26. The van der Waals surface area contributed by atoms with E-state index in [9.17, 15) is 4.79 Å². The van der Waals surface area contributed by atoms with Gasteiger partial charge in [0.2, 0.25) is 5.91 Å². The molecule has 1 saturated heterocycles. The van der Waals surface area contributed by atoms with Gasteiger partial charge in [0.15, 0.2) is 0 Å². The lowest BCUT2D eigenvalue weighted by Crippen LogP contribution is -2.46. The lowest BCUT2D eigenvalue weighted by atomic mass is 10.1. The fourth-order valence-corrected chi connectivity index (χ4v) is 4.41. The highest BCUT2D eigenvalue weighted by Crippen LogP contribution is 2.26. The summed E-state index contributed by atoms with van der Waals surface area (Å²) in [5, 5.41) is 5.98. The number of ether oxygens (including phenoxy) is 1. The fourth-order valence-electron chi connectivity index (χ4n) is 3.42. The van der Waals surface area contributed by atoms with Gasteiger partial charge in [-0.15, -0.1) is 11.3 Å². The summed E-state index contributed by atoms with van der Waals surface area (Å²) in [6.45, 7) is 5.30. The maximum atomic E-state index is 12.3. The fraction of sp³-hybridized carbons (Fsp3) is 0.476. The van der Waals surface area contributed by atoms with Crippen LogP contribution in [0.25, 0.3) is 0 Å². The molecule has 1 aliphatic rings. The number of nitrogens with one attached hydrogen (secondary N) is 1. The zero-order valence-electron chi connectivity index (χ0n) is 15.7. The molecule has 27 heavy (non-hydrogen) atoms. The van der Waals surface area contributed by atoms with Crippen molar-refractivity contribution in [1.29, 1.82) is 0 Å². The van der Waals surface area contributed by atoms with Crippen LogP contribution in [-0.4, -0.2) is 43.2 Å². The van der Waals surface area contributed by atoms with Crippen molar-refractivity contribution in [3.63, 3.8) is 0 Å². The minimum absolute atomic E-state index is 0.117. The number of carbonyl (C=O) groups is 1. The zero-order chi connectivity index (χ0) is 19.1. The summed E-state index contributed by atoms with van der Waals surface area (Å²) in [6, 6.07) is 12.3. The van der Waals surface area contributed by atoms with Crippen LogP contribution >= 0.6 is 22.9 Å². The van der Waals surface area contributed by atoms with Gasteiger partial charge in [-0.2, -0.15) is 0 Å². The number of thiophene rings is 1. The second-order valence-electron chi connectivity index (χ2n) is 6.99. The van der Waals surface area contributed by atoms with Crippen molar-refractivity contribution in [2.75, 3.05) is 26.2 Å². The van der Waals surface area contributed by atoms with E-state index in [0.29, 0.717) is 13.0 Å². The predicted molar refractivity (Wildman–Crippen MR) is 111 cm³/mol. The van der Waals surface area contributed by atoms with E-state index in [0.717, 1.165) is 37.6 Å². The number of hydrogen-bond acceptors (Lipinski definition) is 4. The van der Waals surface area contributed by atoms with E-state index in [4.69, 9.17) is 16.3 Å². The molecule has 146 valence electrons. The van der Waals surface area contributed by atoms with Crippen molar-refractivity contribution in [3.05, 3.63) is 57.2 Å². The molecule has 0 unspecified atom stereocenters. The van der Waals surface area contributed by atoms with Crippen LogP contribution in [0.1, 0.15) is 36.2 Å². The molecule has 0 radical (unpaired) electrons. The van der Waals surface area contributed by atoms with E-state index < -0.39 is 0 Å². The Kier molecular flexibility index (Phi) is 7.70. The van der Waals surface area contributed by atoms with Crippen LogP contribution in [0.2, 0.25) is 5.02 Å². The number of benzene rings is 1. The van der Waals surface area contributed by atoms with Gasteiger partial charge in [0.25, 0.3) is 0 Å². The summed E-state index contributed by atoms with van der Waals surface area (Å²) in [7, 11) is 0. The number of carbonyl (C=O) groups excluding carboxylic acids is 1. The largest absolute Gasteiger partial charge is 0.376 e. The van der Waals surface area contributed by atoms with Gasteiger partial charge in [-0.3, -0.25) is 9.69 Å². The first-order valence-corrected chi connectivity index (χ1v) is 10.8. The summed E-state index contributed by atoms with van der Waals surface area (Å²) >= 11 is 7.66. The standard InChI is InChI=1S/C21H27ClN2O2S/c1-16-15-24(11-12-26-16)19(20-5-3-13-27-20)14-23-21(25)6-2-4-17-7-9-18(22)10-8-17/h3,5,7-10,13,16,19H,2,4,6,11-12,14-15H2,1H3,(H,23,25)/t16-,19-/m1/s1. The van der Waals surface area contributed by atoms with Crippen LogP contribution in [0.3, 0.4) is 0 Å². The van der Waals surface area contributed by atoms with E-state index in [-0.39, 0.29) is 18.1 Å². The molecule has 1 fully saturated rings. The molecule has 2 aromatic rings. The van der Waals surface area contributed by atoms with Crippen molar-refractivity contribution >= 4 is 28.8 Å². The van der Waals surface area contributed by atoms with Gasteiger partial charge in [0, 0.05) is 36.0 Å². The normalized spacial score (nSPS) is 19.0. The second kappa shape index (κ2) is 10.2. The topological polar surface area (TPSA) is 41.6 Å². The van der Waals surface area contributed by atoms with Crippen molar-refractivity contribution < 1.29 is 9.53 Å². The first-order chi connectivity index (χ1) is 13.1. The van der Waals surface area contributed by atoms with Crippen molar-refractivity contribution in [3.8, 4) is 0 Å². The van der Waals surface area contributed by atoms with Gasteiger partial charge in [0.05, 0.1) is 18.8 Å². The van der Waals surface area contributed by atoms with Crippen LogP contribution in [0, 0.1) is 0 Å². The Hall–Kier alpha value is -1.40. The van der Waals surface area contributed by atoms with E-state index >= 15 is 0 Å². The van der Waals surface area contributed by atoms with E-state index in [2.05, 4.69) is 34.7 Å². The molecule has 0 aliphatic carbocycles. The summed E-state index contributed by atoms with van der Waals surface area (Å²) in [5.41, 5.74) is 1.21. The Morgan fingerprint density at radius 3 is 2.89 bits per heavy atom. The number of rotatable bonds is 8. The van der Waals surface area contributed by atoms with E-state index in [1.165, 1.54) is 10.4 Å². The molecule has 3 rings (SSSR count). The Balaban J connectivity index is 1.47. The minimum atomic E-state index is 0.117. The molecule has 2 atom stereocenters. The van der Waals surface area contributed by atoms with Gasteiger partial charge < -0.3 is 10.1 Å². The predicted octanol–water partition coefficient (Wildman–Crippen LogP) is 4.30. The first-order valence-electron chi connectivity index (χ1n) is 9.52. The van der Waals surface area contributed by atoms with Crippen LogP contribution in [-0.2, 0) is 16.0 Å². The third-order valence-corrected chi connectivity index (χ3v) is 6.09. The molecule has 1 aliphatic heterocycles. The molecule has 1 N–H and O–H groups in total. The van der Waals surface area contributed by atoms with Crippen molar-refractivity contribution in [2.45, 2.75) is 38.3 Å². The SMILES string of the molecule is C[C@@H]1CN([C@H](CNC(=O)CCCc2ccc(Cl)cc2)c2cccs2)CCO1. The molecule has 4 nitrogen and oxygen atoms in total. The zero-order valence-corrected chi connectivity index (χ0v) is 17.3. The molecule has 0 bridgehead atoms. The molecule has 0 spiro atoms. The number of hydrogen-bond donors (Lipinski definition) is 1. The number of nitrogens with zero attached hydrogens (tertiary/aromatic N) is 1. The smallest absolute Gasteiger partial charge is 0.220 e. The molecule has 0 saturated carbocycles. The van der Waals surface area contributed by atoms with E-state index in [1.807, 2.05) is 24.3 Å². The highest BCUT2D eigenvalue weighted by atomic mass is 35.5. The number of morpholine rings is 1. The average molecular weight is 407 g/mol.